The van der Waals surface area contributed by atoms with Gasteiger partial charge in [-0.05, 0) is 35.1 Å². The molecule has 0 aliphatic heterocycles. The number of hydrogen-bond donors (Lipinski definition) is 1. The van der Waals surface area contributed by atoms with Gasteiger partial charge in [-0.15, -0.1) is 0 Å². The third-order valence-electron chi connectivity index (χ3n) is 3.21. The molecular formula is C14H13NO. The van der Waals surface area contributed by atoms with Gasteiger partial charge in [-0.25, -0.2) is 0 Å². The smallest absolute Gasteiger partial charge is 0.0740 e. The Bertz CT molecular complexity index is 556. The summed E-state index contributed by atoms with van der Waals surface area (Å²) in [5.41, 5.74) is 2.41. The average Bonchev–Trinajstić information content (AvgIpc) is 3.14. The molecule has 1 aliphatic carbocycles. The van der Waals surface area contributed by atoms with Crippen LogP contribution in [0.15, 0.2) is 41.6 Å². The SMILES string of the molecule is ON=Cc1ccc(C2CC2)c2ccccc12. The summed E-state index contributed by atoms with van der Waals surface area (Å²) in [7, 11) is 0. The second kappa shape index (κ2) is 3.63. The van der Waals surface area contributed by atoms with Crippen molar-refractivity contribution in [3.05, 3.63) is 47.5 Å². The molecule has 0 amide bonds. The van der Waals surface area contributed by atoms with Gasteiger partial charge in [-0.2, -0.15) is 0 Å². The predicted molar refractivity (Wildman–Crippen MR) is 65.3 cm³/mol. The van der Waals surface area contributed by atoms with Crippen molar-refractivity contribution in [1.29, 1.82) is 0 Å². The monoisotopic (exact) mass is 211 g/mol. The maximum Gasteiger partial charge on any atom is 0.0740 e. The fourth-order valence-corrected chi connectivity index (χ4v) is 2.27. The van der Waals surface area contributed by atoms with Crippen LogP contribution in [0.5, 0.6) is 0 Å². The predicted octanol–water partition coefficient (Wildman–Crippen LogP) is 3.53. The highest BCUT2D eigenvalue weighted by molar-refractivity contribution is 6.01. The molecule has 1 fully saturated rings. The summed E-state index contributed by atoms with van der Waals surface area (Å²) in [5.74, 6) is 0.741. The Morgan fingerprint density at radius 3 is 2.50 bits per heavy atom. The van der Waals surface area contributed by atoms with Crippen molar-refractivity contribution < 1.29 is 5.21 Å². The van der Waals surface area contributed by atoms with Gasteiger partial charge < -0.3 is 5.21 Å². The van der Waals surface area contributed by atoms with Gasteiger partial charge in [0.1, 0.15) is 0 Å². The lowest BCUT2D eigenvalue weighted by Crippen LogP contribution is -1.89. The Morgan fingerprint density at radius 1 is 1.06 bits per heavy atom. The van der Waals surface area contributed by atoms with Crippen molar-refractivity contribution in [3.8, 4) is 0 Å². The van der Waals surface area contributed by atoms with Crippen LogP contribution >= 0.6 is 0 Å². The minimum absolute atomic E-state index is 0.741. The highest BCUT2D eigenvalue weighted by Crippen LogP contribution is 2.43. The number of hydrogen-bond acceptors (Lipinski definition) is 2. The Balaban J connectivity index is 2.28. The van der Waals surface area contributed by atoms with E-state index in [2.05, 4.69) is 29.4 Å². The van der Waals surface area contributed by atoms with Gasteiger partial charge in [0.05, 0.1) is 6.21 Å². The van der Waals surface area contributed by atoms with Crippen LogP contribution < -0.4 is 0 Å². The van der Waals surface area contributed by atoms with Crippen molar-refractivity contribution in [2.75, 3.05) is 0 Å². The molecule has 80 valence electrons. The normalized spacial score (nSPS) is 16.0. The molecule has 0 spiro atoms. The Morgan fingerprint density at radius 2 is 1.81 bits per heavy atom. The molecule has 0 unspecified atom stereocenters. The number of fused-ring (bicyclic) bond motifs is 1. The number of benzene rings is 2. The molecule has 0 aromatic heterocycles. The molecule has 3 rings (SSSR count). The molecule has 1 aliphatic rings. The largest absolute Gasteiger partial charge is 0.411 e. The van der Waals surface area contributed by atoms with Gasteiger partial charge in [-0.1, -0.05) is 41.6 Å². The van der Waals surface area contributed by atoms with Crippen LogP contribution in [0, 0.1) is 0 Å². The van der Waals surface area contributed by atoms with Crippen LogP contribution in [0.1, 0.15) is 29.9 Å². The summed E-state index contributed by atoms with van der Waals surface area (Å²) in [5, 5.41) is 14.2. The molecule has 0 radical (unpaired) electrons. The summed E-state index contributed by atoms with van der Waals surface area (Å²) >= 11 is 0. The zero-order valence-electron chi connectivity index (χ0n) is 8.93. The first-order valence-electron chi connectivity index (χ1n) is 5.59. The molecular weight excluding hydrogens is 198 g/mol. The van der Waals surface area contributed by atoms with Gasteiger partial charge in [-0.3, -0.25) is 0 Å². The minimum atomic E-state index is 0.741. The van der Waals surface area contributed by atoms with E-state index in [1.165, 1.54) is 35.4 Å². The van der Waals surface area contributed by atoms with Crippen molar-refractivity contribution in [3.63, 3.8) is 0 Å². The van der Waals surface area contributed by atoms with E-state index >= 15 is 0 Å². The Kier molecular flexibility index (Phi) is 2.13. The van der Waals surface area contributed by atoms with Crippen LogP contribution in [-0.4, -0.2) is 11.4 Å². The van der Waals surface area contributed by atoms with E-state index < -0.39 is 0 Å². The van der Waals surface area contributed by atoms with E-state index in [9.17, 15) is 0 Å². The lowest BCUT2D eigenvalue weighted by Gasteiger charge is -2.07. The van der Waals surface area contributed by atoms with E-state index in [1.807, 2.05) is 12.1 Å². The molecule has 1 N–H and O–H groups in total. The first kappa shape index (κ1) is 9.40. The zero-order valence-corrected chi connectivity index (χ0v) is 8.93. The average molecular weight is 211 g/mol. The molecule has 2 heteroatoms. The molecule has 2 aromatic carbocycles. The highest BCUT2D eigenvalue weighted by Gasteiger charge is 2.25. The molecule has 0 heterocycles. The fraction of sp³-hybridized carbons (Fsp3) is 0.214. The van der Waals surface area contributed by atoms with Gasteiger partial charge in [0.15, 0.2) is 0 Å². The topological polar surface area (TPSA) is 32.6 Å². The lowest BCUT2D eigenvalue weighted by atomic mass is 9.97. The third-order valence-corrected chi connectivity index (χ3v) is 3.21. The van der Waals surface area contributed by atoms with Crippen LogP contribution in [0.2, 0.25) is 0 Å². The van der Waals surface area contributed by atoms with E-state index in [4.69, 9.17) is 5.21 Å². The Hall–Kier alpha value is -1.83. The van der Waals surface area contributed by atoms with E-state index in [1.54, 1.807) is 0 Å². The number of nitrogens with zero attached hydrogens (tertiary/aromatic N) is 1. The number of rotatable bonds is 2. The molecule has 0 atom stereocenters. The zero-order chi connectivity index (χ0) is 11.0. The van der Waals surface area contributed by atoms with Crippen molar-refractivity contribution >= 4 is 17.0 Å². The summed E-state index contributed by atoms with van der Waals surface area (Å²) in [6.45, 7) is 0. The van der Waals surface area contributed by atoms with Gasteiger partial charge in [0, 0.05) is 5.56 Å². The summed E-state index contributed by atoms with van der Waals surface area (Å²) in [6, 6.07) is 12.5. The standard InChI is InChI=1S/C14H13NO/c16-15-9-11-7-8-13(10-5-6-10)14-4-2-1-3-12(11)14/h1-4,7-10,16H,5-6H2. The quantitative estimate of drug-likeness (QED) is 0.460. The first-order valence-corrected chi connectivity index (χ1v) is 5.59. The second-order valence-electron chi connectivity index (χ2n) is 4.31. The minimum Gasteiger partial charge on any atom is -0.411 e. The van der Waals surface area contributed by atoms with Crippen molar-refractivity contribution in [2.45, 2.75) is 18.8 Å². The highest BCUT2D eigenvalue weighted by atomic mass is 16.4. The van der Waals surface area contributed by atoms with E-state index in [0.29, 0.717) is 0 Å². The van der Waals surface area contributed by atoms with Crippen LogP contribution in [-0.2, 0) is 0 Å². The molecule has 2 nitrogen and oxygen atoms in total. The van der Waals surface area contributed by atoms with Gasteiger partial charge in [0.2, 0.25) is 0 Å². The van der Waals surface area contributed by atoms with E-state index in [-0.39, 0.29) is 0 Å². The maximum atomic E-state index is 8.64. The Labute approximate surface area is 94.2 Å². The molecule has 2 aromatic rings. The lowest BCUT2D eigenvalue weighted by molar-refractivity contribution is 0.322. The molecule has 16 heavy (non-hydrogen) atoms. The van der Waals surface area contributed by atoms with Crippen LogP contribution in [0.4, 0.5) is 0 Å². The van der Waals surface area contributed by atoms with Crippen molar-refractivity contribution in [2.24, 2.45) is 5.16 Å². The van der Waals surface area contributed by atoms with Gasteiger partial charge >= 0.3 is 0 Å². The first-order chi connectivity index (χ1) is 7.90. The maximum absolute atomic E-state index is 8.64. The number of oxime groups is 1. The third kappa shape index (κ3) is 1.47. The molecule has 0 bridgehead atoms. The van der Waals surface area contributed by atoms with E-state index in [0.717, 1.165) is 11.5 Å². The molecule has 1 saturated carbocycles. The van der Waals surface area contributed by atoms with Crippen molar-refractivity contribution in [1.82, 2.24) is 0 Å². The summed E-state index contributed by atoms with van der Waals surface area (Å²) in [4.78, 5) is 0. The summed E-state index contributed by atoms with van der Waals surface area (Å²) < 4.78 is 0. The summed E-state index contributed by atoms with van der Waals surface area (Å²) in [6.07, 6.45) is 4.11. The second-order valence-corrected chi connectivity index (χ2v) is 4.31. The van der Waals surface area contributed by atoms with Crippen LogP contribution in [0.25, 0.3) is 10.8 Å². The molecule has 0 saturated heterocycles. The van der Waals surface area contributed by atoms with Gasteiger partial charge in [0.25, 0.3) is 0 Å². The fourth-order valence-electron chi connectivity index (χ4n) is 2.27. The van der Waals surface area contributed by atoms with Crippen LogP contribution in [0.3, 0.4) is 0 Å².